The van der Waals surface area contributed by atoms with Gasteiger partial charge < -0.3 is 4.74 Å². The van der Waals surface area contributed by atoms with Gasteiger partial charge in [-0.3, -0.25) is 4.79 Å². The molecule has 0 unspecified atom stereocenters. The Kier molecular flexibility index (Phi) is 4.77. The van der Waals surface area contributed by atoms with Crippen molar-refractivity contribution in [3.8, 4) is 0 Å². The molecule has 0 aromatic heterocycles. The largest absolute Gasteiger partial charge is 0.465 e. The van der Waals surface area contributed by atoms with E-state index in [9.17, 15) is 13.2 Å². The Morgan fingerprint density at radius 2 is 1.88 bits per heavy atom. The highest BCUT2D eigenvalue weighted by molar-refractivity contribution is 7.92. The van der Waals surface area contributed by atoms with Gasteiger partial charge in [-0.05, 0) is 25.7 Å². The molecular formula is C11H20O4S. The van der Waals surface area contributed by atoms with Crippen molar-refractivity contribution in [2.24, 2.45) is 5.92 Å². The molecule has 0 aromatic rings. The first kappa shape index (κ1) is 13.5. The molecule has 0 N–H and O–H groups in total. The monoisotopic (exact) mass is 248 g/mol. The quantitative estimate of drug-likeness (QED) is 0.708. The number of hydrogen-bond donors (Lipinski definition) is 0. The molecule has 1 atom stereocenters. The van der Waals surface area contributed by atoms with E-state index in [4.69, 9.17) is 4.74 Å². The van der Waals surface area contributed by atoms with Crippen LogP contribution in [0.25, 0.3) is 0 Å². The van der Waals surface area contributed by atoms with Crippen LogP contribution in [0.4, 0.5) is 0 Å². The first-order valence-corrected chi connectivity index (χ1v) is 7.77. The topological polar surface area (TPSA) is 60.4 Å². The highest BCUT2D eigenvalue weighted by Crippen LogP contribution is 2.30. The molecule has 0 heterocycles. The Balaban J connectivity index is 2.82. The first-order chi connectivity index (χ1) is 7.46. The van der Waals surface area contributed by atoms with Gasteiger partial charge in [-0.2, -0.15) is 0 Å². The summed E-state index contributed by atoms with van der Waals surface area (Å²) in [4.78, 5) is 11.7. The fourth-order valence-electron chi connectivity index (χ4n) is 2.38. The molecule has 0 bridgehead atoms. The van der Waals surface area contributed by atoms with Gasteiger partial charge in [-0.25, -0.2) is 8.42 Å². The molecule has 0 aliphatic heterocycles. The van der Waals surface area contributed by atoms with E-state index in [1.54, 1.807) is 6.92 Å². The van der Waals surface area contributed by atoms with Crippen molar-refractivity contribution in [2.75, 3.05) is 12.9 Å². The average molecular weight is 248 g/mol. The minimum Gasteiger partial charge on any atom is -0.465 e. The molecule has 0 saturated heterocycles. The number of sulfone groups is 1. The first-order valence-electron chi connectivity index (χ1n) is 5.82. The number of carbonyl (C=O) groups excluding carboxylic acids is 1. The predicted octanol–water partition coefficient (Wildman–Crippen LogP) is 1.54. The van der Waals surface area contributed by atoms with Crippen molar-refractivity contribution in [1.82, 2.24) is 0 Å². The molecule has 0 radical (unpaired) electrons. The smallest absolute Gasteiger partial charge is 0.324 e. The van der Waals surface area contributed by atoms with E-state index in [2.05, 4.69) is 0 Å². The predicted molar refractivity (Wildman–Crippen MR) is 61.8 cm³/mol. The minimum absolute atomic E-state index is 0.0530. The zero-order valence-electron chi connectivity index (χ0n) is 9.94. The number of carbonyl (C=O) groups is 1. The van der Waals surface area contributed by atoms with Crippen LogP contribution >= 0.6 is 0 Å². The fourth-order valence-corrected chi connectivity index (χ4v) is 3.77. The van der Waals surface area contributed by atoms with Crippen molar-refractivity contribution in [1.29, 1.82) is 0 Å². The molecule has 4 nitrogen and oxygen atoms in total. The third-order valence-electron chi connectivity index (χ3n) is 3.06. The molecule has 94 valence electrons. The van der Waals surface area contributed by atoms with Crippen molar-refractivity contribution in [3.05, 3.63) is 0 Å². The highest BCUT2D eigenvalue weighted by Gasteiger charge is 2.38. The summed E-state index contributed by atoms with van der Waals surface area (Å²) < 4.78 is 28.2. The van der Waals surface area contributed by atoms with Crippen LogP contribution in [0.3, 0.4) is 0 Å². The summed E-state index contributed by atoms with van der Waals surface area (Å²) in [5, 5.41) is -0.951. The van der Waals surface area contributed by atoms with Crippen molar-refractivity contribution in [3.63, 3.8) is 0 Å². The summed E-state index contributed by atoms with van der Waals surface area (Å²) in [6.45, 7) is 1.93. The summed E-state index contributed by atoms with van der Waals surface area (Å²) in [6.07, 6.45) is 5.91. The van der Waals surface area contributed by atoms with Gasteiger partial charge in [-0.15, -0.1) is 0 Å². The second-order valence-electron chi connectivity index (χ2n) is 4.40. The van der Waals surface area contributed by atoms with Crippen LogP contribution in [0.1, 0.15) is 39.0 Å². The van der Waals surface area contributed by atoms with E-state index in [1.165, 1.54) is 0 Å². The highest BCUT2D eigenvalue weighted by atomic mass is 32.2. The van der Waals surface area contributed by atoms with E-state index in [1.807, 2.05) is 0 Å². The molecule has 1 rings (SSSR count). The summed E-state index contributed by atoms with van der Waals surface area (Å²) in [5.74, 6) is -0.625. The van der Waals surface area contributed by atoms with E-state index in [0.29, 0.717) is 0 Å². The zero-order chi connectivity index (χ0) is 12.2. The molecular weight excluding hydrogens is 228 g/mol. The van der Waals surface area contributed by atoms with Gasteiger partial charge >= 0.3 is 5.97 Å². The Bertz CT molecular complexity index is 328. The van der Waals surface area contributed by atoms with E-state index >= 15 is 0 Å². The van der Waals surface area contributed by atoms with Crippen LogP contribution in [0.2, 0.25) is 0 Å². The van der Waals surface area contributed by atoms with E-state index < -0.39 is 21.1 Å². The Morgan fingerprint density at radius 1 is 1.31 bits per heavy atom. The Morgan fingerprint density at radius 3 is 2.31 bits per heavy atom. The maximum atomic E-state index is 11.7. The van der Waals surface area contributed by atoms with Crippen LogP contribution in [-0.2, 0) is 19.4 Å². The van der Waals surface area contributed by atoms with Crippen molar-refractivity contribution >= 4 is 15.8 Å². The third kappa shape index (κ3) is 3.47. The zero-order valence-corrected chi connectivity index (χ0v) is 10.8. The molecule has 1 fully saturated rings. The lowest BCUT2D eigenvalue weighted by Crippen LogP contribution is -2.39. The van der Waals surface area contributed by atoms with Crippen LogP contribution in [-0.4, -0.2) is 32.5 Å². The summed E-state index contributed by atoms with van der Waals surface area (Å²) in [7, 11) is -3.36. The van der Waals surface area contributed by atoms with Gasteiger partial charge in [0.15, 0.2) is 15.1 Å². The Hall–Kier alpha value is -0.580. The maximum absolute atomic E-state index is 11.7. The lowest BCUT2D eigenvalue weighted by atomic mass is 9.87. The van der Waals surface area contributed by atoms with Gasteiger partial charge in [0.1, 0.15) is 0 Å². The number of hydrogen-bond acceptors (Lipinski definition) is 4. The molecule has 0 aromatic carbocycles. The summed E-state index contributed by atoms with van der Waals surface area (Å²) in [6, 6.07) is 0. The second-order valence-corrected chi connectivity index (χ2v) is 6.57. The van der Waals surface area contributed by atoms with Gasteiger partial charge in [-0.1, -0.05) is 19.3 Å². The minimum atomic E-state index is -3.36. The summed E-state index contributed by atoms with van der Waals surface area (Å²) in [5.41, 5.74) is 0. The van der Waals surface area contributed by atoms with Gasteiger partial charge in [0.05, 0.1) is 6.61 Å². The third-order valence-corrected chi connectivity index (χ3v) is 4.56. The van der Waals surface area contributed by atoms with Crippen molar-refractivity contribution in [2.45, 2.75) is 44.3 Å². The maximum Gasteiger partial charge on any atom is 0.324 e. The average Bonchev–Trinajstić information content (AvgIpc) is 2.17. The standard InChI is InChI=1S/C11H20O4S/c1-3-15-11(12)10(16(2,13)14)9-7-5-4-6-8-9/h9-10H,3-8H2,1-2H3/t10-/m0/s1. The number of esters is 1. The molecule has 1 aliphatic rings. The molecule has 1 saturated carbocycles. The van der Waals surface area contributed by atoms with Crippen LogP contribution in [0.5, 0.6) is 0 Å². The van der Waals surface area contributed by atoms with Gasteiger partial charge in [0.2, 0.25) is 0 Å². The Labute approximate surface area is 97.3 Å². The normalized spacial score (nSPS) is 20.4. The number of ether oxygens (including phenoxy) is 1. The SMILES string of the molecule is CCOC(=O)[C@H](C1CCCCC1)S(C)(=O)=O. The fraction of sp³-hybridized carbons (Fsp3) is 0.909. The van der Waals surface area contributed by atoms with Crippen LogP contribution < -0.4 is 0 Å². The van der Waals surface area contributed by atoms with E-state index in [0.717, 1.165) is 38.4 Å². The lowest BCUT2D eigenvalue weighted by Gasteiger charge is -2.27. The molecule has 0 amide bonds. The van der Waals surface area contributed by atoms with Crippen LogP contribution in [0.15, 0.2) is 0 Å². The van der Waals surface area contributed by atoms with Gasteiger partial charge in [0, 0.05) is 6.26 Å². The molecule has 0 spiro atoms. The van der Waals surface area contributed by atoms with Crippen LogP contribution in [0, 0.1) is 5.92 Å². The second kappa shape index (κ2) is 5.66. The molecule has 16 heavy (non-hydrogen) atoms. The number of rotatable bonds is 4. The van der Waals surface area contributed by atoms with Crippen molar-refractivity contribution < 1.29 is 17.9 Å². The van der Waals surface area contributed by atoms with E-state index in [-0.39, 0.29) is 12.5 Å². The van der Waals surface area contributed by atoms with Gasteiger partial charge in [0.25, 0.3) is 0 Å². The summed E-state index contributed by atoms with van der Waals surface area (Å²) >= 11 is 0. The molecule has 5 heteroatoms. The lowest BCUT2D eigenvalue weighted by molar-refractivity contribution is -0.143. The molecule has 1 aliphatic carbocycles.